The number of anilines is 1. The Hall–Kier alpha value is -2.72. The normalized spacial score (nSPS) is 13.0. The molecule has 1 N–H and O–H groups in total. The van der Waals surface area contributed by atoms with Crippen molar-refractivity contribution in [3.05, 3.63) is 44.4 Å². The fourth-order valence-corrected chi connectivity index (χ4v) is 3.34. The molecule has 0 fully saturated rings. The van der Waals surface area contributed by atoms with Gasteiger partial charge in [0.15, 0.2) is 17.6 Å². The molecule has 0 atom stereocenters. The minimum absolute atomic E-state index is 0.0449. The van der Waals surface area contributed by atoms with Crippen LogP contribution in [0.3, 0.4) is 0 Å². The number of esters is 1. The van der Waals surface area contributed by atoms with Gasteiger partial charge in [0.25, 0.3) is 5.69 Å². The highest BCUT2D eigenvalue weighted by atomic mass is 32.1. The number of thiazole rings is 1. The van der Waals surface area contributed by atoms with Gasteiger partial charge in [0, 0.05) is 35.2 Å². The number of non-ortho nitro benzene ring substituents is 1. The summed E-state index contributed by atoms with van der Waals surface area (Å²) in [5, 5.41) is 16.6. The summed E-state index contributed by atoms with van der Waals surface area (Å²) in [5.74, 6) is 0.435. The molecule has 0 amide bonds. The van der Waals surface area contributed by atoms with Crippen molar-refractivity contribution in [2.75, 3.05) is 18.7 Å². The molecule has 1 aromatic carbocycles. The quantitative estimate of drug-likeness (QED) is 0.400. The molecule has 0 radical (unpaired) electrons. The molecule has 2 heterocycles. The van der Waals surface area contributed by atoms with E-state index in [0.717, 1.165) is 13.0 Å². The third-order valence-corrected chi connectivity index (χ3v) is 4.85. The third kappa shape index (κ3) is 4.96. The maximum atomic E-state index is 12.3. The Kier molecular flexibility index (Phi) is 6.42. The molecule has 150 valence electrons. The molecule has 28 heavy (non-hydrogen) atoms. The van der Waals surface area contributed by atoms with Crippen molar-refractivity contribution < 1.29 is 23.9 Å². The SMILES string of the molecule is CC(C)CCNc1nc(C(=O)OCc2cc([N+](=O)[O-])cc3c2OCOC3)cs1. The first-order chi connectivity index (χ1) is 13.4. The molecular weight excluding hydrogens is 386 g/mol. The second-order valence-electron chi connectivity index (χ2n) is 6.68. The Labute approximate surface area is 165 Å². The minimum atomic E-state index is -0.597. The standard InChI is InChI=1S/C18H21N3O6S/c1-11(2)3-4-19-18-20-15(9-28-18)17(22)26-8-13-6-14(21(23)24)5-12-7-25-10-27-16(12)13/h5-6,9,11H,3-4,7-8,10H2,1-2H3,(H,19,20). The Morgan fingerprint density at radius 3 is 3.04 bits per heavy atom. The molecule has 9 nitrogen and oxygen atoms in total. The molecule has 0 aliphatic carbocycles. The predicted octanol–water partition coefficient (Wildman–Crippen LogP) is 3.73. The lowest BCUT2D eigenvalue weighted by Gasteiger charge is -2.20. The van der Waals surface area contributed by atoms with E-state index in [1.165, 1.54) is 23.5 Å². The number of nitro groups is 1. The molecule has 1 aliphatic heterocycles. The van der Waals surface area contributed by atoms with Gasteiger partial charge in [0.05, 0.1) is 11.5 Å². The van der Waals surface area contributed by atoms with Gasteiger partial charge in [0.2, 0.25) is 0 Å². The summed E-state index contributed by atoms with van der Waals surface area (Å²) < 4.78 is 15.9. The van der Waals surface area contributed by atoms with Crippen molar-refractivity contribution in [2.45, 2.75) is 33.5 Å². The lowest BCUT2D eigenvalue weighted by Crippen LogP contribution is -2.15. The van der Waals surface area contributed by atoms with E-state index in [9.17, 15) is 14.9 Å². The summed E-state index contributed by atoms with van der Waals surface area (Å²) in [6.45, 7) is 5.14. The van der Waals surface area contributed by atoms with Crippen LogP contribution in [0.15, 0.2) is 17.5 Å². The summed E-state index contributed by atoms with van der Waals surface area (Å²) in [4.78, 5) is 27.1. The maximum Gasteiger partial charge on any atom is 0.358 e. The second-order valence-corrected chi connectivity index (χ2v) is 7.54. The van der Waals surface area contributed by atoms with Crippen LogP contribution in [-0.4, -0.2) is 29.2 Å². The van der Waals surface area contributed by atoms with E-state index in [-0.39, 0.29) is 31.4 Å². The Bertz CT molecular complexity index is 867. The Balaban J connectivity index is 1.65. The van der Waals surface area contributed by atoms with Crippen LogP contribution in [-0.2, 0) is 22.7 Å². The number of nitro benzene ring substituents is 1. The molecule has 0 unspecified atom stereocenters. The van der Waals surface area contributed by atoms with Crippen LogP contribution in [0.4, 0.5) is 10.8 Å². The monoisotopic (exact) mass is 407 g/mol. The Morgan fingerprint density at radius 1 is 1.46 bits per heavy atom. The predicted molar refractivity (Wildman–Crippen MR) is 103 cm³/mol. The van der Waals surface area contributed by atoms with Crippen LogP contribution in [0, 0.1) is 16.0 Å². The van der Waals surface area contributed by atoms with Crippen molar-refractivity contribution in [3.63, 3.8) is 0 Å². The molecule has 0 spiro atoms. The van der Waals surface area contributed by atoms with Crippen molar-refractivity contribution in [1.82, 2.24) is 4.98 Å². The average molecular weight is 407 g/mol. The van der Waals surface area contributed by atoms with Crippen molar-refractivity contribution in [3.8, 4) is 5.75 Å². The van der Waals surface area contributed by atoms with Gasteiger partial charge in [-0.25, -0.2) is 9.78 Å². The number of hydrogen-bond acceptors (Lipinski definition) is 9. The van der Waals surface area contributed by atoms with Crippen molar-refractivity contribution in [2.24, 2.45) is 5.92 Å². The van der Waals surface area contributed by atoms with E-state index in [0.29, 0.717) is 27.9 Å². The zero-order chi connectivity index (χ0) is 20.1. The fraction of sp³-hybridized carbons (Fsp3) is 0.444. The molecule has 1 aliphatic rings. The van der Waals surface area contributed by atoms with Gasteiger partial charge in [-0.1, -0.05) is 13.8 Å². The van der Waals surface area contributed by atoms with Crippen molar-refractivity contribution in [1.29, 1.82) is 0 Å². The molecule has 0 bridgehead atoms. The maximum absolute atomic E-state index is 12.3. The fourth-order valence-electron chi connectivity index (χ4n) is 2.63. The molecule has 1 aromatic heterocycles. The number of hydrogen-bond donors (Lipinski definition) is 1. The number of carbonyl (C=O) groups excluding carboxylic acids is 1. The number of fused-ring (bicyclic) bond motifs is 1. The first-order valence-corrected chi connectivity index (χ1v) is 9.69. The number of benzene rings is 1. The molecule has 0 saturated carbocycles. The molecule has 3 rings (SSSR count). The smallest absolute Gasteiger partial charge is 0.358 e. The van der Waals surface area contributed by atoms with Crippen LogP contribution < -0.4 is 10.1 Å². The van der Waals surface area contributed by atoms with E-state index in [1.807, 2.05) is 0 Å². The van der Waals surface area contributed by atoms with Gasteiger partial charge < -0.3 is 19.5 Å². The van der Waals surface area contributed by atoms with Gasteiger partial charge in [-0.05, 0) is 12.3 Å². The highest BCUT2D eigenvalue weighted by Gasteiger charge is 2.22. The summed E-state index contributed by atoms with van der Waals surface area (Å²) in [6, 6.07) is 2.74. The average Bonchev–Trinajstić information content (AvgIpc) is 3.14. The van der Waals surface area contributed by atoms with E-state index < -0.39 is 10.9 Å². The summed E-state index contributed by atoms with van der Waals surface area (Å²) in [6.07, 6.45) is 1.00. The molecule has 2 aromatic rings. The van der Waals surface area contributed by atoms with Crippen LogP contribution in [0.5, 0.6) is 5.75 Å². The lowest BCUT2D eigenvalue weighted by molar-refractivity contribution is -0.385. The topological polar surface area (TPSA) is 113 Å². The molecule has 10 heteroatoms. The lowest BCUT2D eigenvalue weighted by atomic mass is 10.1. The molecular formula is C18H21N3O6S. The second kappa shape index (κ2) is 8.98. The van der Waals surface area contributed by atoms with Gasteiger partial charge in [0.1, 0.15) is 12.4 Å². The largest absolute Gasteiger partial charge is 0.467 e. The van der Waals surface area contributed by atoms with Gasteiger partial charge in [-0.2, -0.15) is 0 Å². The van der Waals surface area contributed by atoms with Crippen molar-refractivity contribution >= 4 is 28.1 Å². The number of nitrogens with zero attached hydrogens (tertiary/aromatic N) is 2. The molecule has 0 saturated heterocycles. The number of ether oxygens (including phenoxy) is 3. The summed E-state index contributed by atoms with van der Waals surface area (Å²) in [5.41, 5.74) is 1.06. The van der Waals surface area contributed by atoms with E-state index in [4.69, 9.17) is 14.2 Å². The van der Waals surface area contributed by atoms with Gasteiger partial charge in [-0.15, -0.1) is 11.3 Å². The highest BCUT2D eigenvalue weighted by molar-refractivity contribution is 7.13. The highest BCUT2D eigenvalue weighted by Crippen LogP contribution is 2.33. The minimum Gasteiger partial charge on any atom is -0.467 e. The zero-order valence-corrected chi connectivity index (χ0v) is 16.4. The number of aromatic nitrogens is 1. The van der Waals surface area contributed by atoms with Gasteiger partial charge in [-0.3, -0.25) is 10.1 Å². The number of carbonyl (C=O) groups is 1. The first-order valence-electron chi connectivity index (χ1n) is 8.81. The third-order valence-electron chi connectivity index (χ3n) is 4.05. The van der Waals surface area contributed by atoms with Crippen LogP contribution in [0.2, 0.25) is 0 Å². The van der Waals surface area contributed by atoms with Crippen LogP contribution in [0.25, 0.3) is 0 Å². The van der Waals surface area contributed by atoms with Crippen LogP contribution >= 0.6 is 11.3 Å². The van der Waals surface area contributed by atoms with E-state index in [1.54, 1.807) is 5.38 Å². The number of rotatable bonds is 8. The van der Waals surface area contributed by atoms with Gasteiger partial charge >= 0.3 is 5.97 Å². The zero-order valence-electron chi connectivity index (χ0n) is 15.6. The van der Waals surface area contributed by atoms with E-state index in [2.05, 4.69) is 24.1 Å². The van der Waals surface area contributed by atoms with Crippen LogP contribution in [0.1, 0.15) is 41.9 Å². The number of nitrogens with one attached hydrogen (secondary N) is 1. The first kappa shape index (κ1) is 20.0. The summed E-state index contributed by atoms with van der Waals surface area (Å²) in [7, 11) is 0. The summed E-state index contributed by atoms with van der Waals surface area (Å²) >= 11 is 1.33. The Morgan fingerprint density at radius 2 is 2.29 bits per heavy atom. The van der Waals surface area contributed by atoms with E-state index >= 15 is 0 Å².